The molecule has 1 aliphatic rings. The molecule has 0 atom stereocenters. The molecule has 0 aliphatic carbocycles. The number of aromatic nitrogens is 1. The number of pyridine rings is 1. The molecule has 0 bridgehead atoms. The molecule has 8 heteroatoms. The van der Waals surface area contributed by atoms with Crippen molar-refractivity contribution in [2.24, 2.45) is 0 Å². The minimum Gasteiger partial charge on any atom is -0.495 e. The molecule has 4 rings (SSSR count). The van der Waals surface area contributed by atoms with Crippen molar-refractivity contribution in [1.82, 2.24) is 4.98 Å². The molecule has 3 aromatic rings. The zero-order chi connectivity index (χ0) is 21.3. The summed E-state index contributed by atoms with van der Waals surface area (Å²) >= 11 is 0. The Labute approximate surface area is 175 Å². The lowest BCUT2D eigenvalue weighted by molar-refractivity contribution is 0.357. The van der Waals surface area contributed by atoms with E-state index in [-0.39, 0.29) is 10.6 Å². The molecule has 2 aromatic carbocycles. The highest BCUT2D eigenvalue weighted by Gasteiger charge is 2.31. The largest absolute Gasteiger partial charge is 0.495 e. The van der Waals surface area contributed by atoms with Crippen molar-refractivity contribution in [2.45, 2.75) is 11.3 Å². The second-order valence-corrected chi connectivity index (χ2v) is 8.78. The van der Waals surface area contributed by atoms with Gasteiger partial charge in [-0.15, -0.1) is 0 Å². The maximum absolute atomic E-state index is 13.2. The van der Waals surface area contributed by atoms with E-state index < -0.39 is 16.6 Å². The van der Waals surface area contributed by atoms with E-state index >= 15 is 0 Å². The molecule has 0 saturated heterocycles. The highest BCUT2D eigenvalue weighted by Crippen LogP contribution is 2.35. The number of fused-ring (bicyclic) bond motifs is 1. The number of hydrogen-bond acceptors (Lipinski definition) is 6. The first-order chi connectivity index (χ1) is 14.4. The highest BCUT2D eigenvalue weighted by molar-refractivity contribution is 7.92. The number of nitrogens with one attached hydrogen (secondary N) is 1. The van der Waals surface area contributed by atoms with Crippen LogP contribution < -0.4 is 9.04 Å². The summed E-state index contributed by atoms with van der Waals surface area (Å²) in [5.74, 6) is 0.678. The number of anilines is 1. The molecule has 30 heavy (non-hydrogen) atoms. The van der Waals surface area contributed by atoms with Crippen molar-refractivity contribution >= 4 is 21.4 Å². The van der Waals surface area contributed by atoms with Gasteiger partial charge in [-0.25, -0.2) is 8.42 Å². The lowest BCUT2D eigenvalue weighted by atomic mass is 10.1. The number of methoxy groups -OCH3 is 1. The zero-order valence-corrected chi connectivity index (χ0v) is 17.2. The third-order valence-electron chi connectivity index (χ3n) is 5.15. The van der Waals surface area contributed by atoms with Crippen LogP contribution >= 0.6 is 0 Å². The minimum atomic E-state index is -3.72. The van der Waals surface area contributed by atoms with Crippen LogP contribution in [0.25, 0.3) is 11.3 Å². The smallest absolute Gasteiger partial charge is 0.264 e. The number of aliphatic hydroxyl groups excluding tert-OH is 1. The van der Waals surface area contributed by atoms with Gasteiger partial charge in [0.15, 0.2) is 0 Å². The quantitative estimate of drug-likeness (QED) is 0.594. The number of aliphatic hydroxyl groups is 1. The Morgan fingerprint density at radius 3 is 2.57 bits per heavy atom. The molecule has 0 unspecified atom stereocenters. The Kier molecular flexibility index (Phi) is 5.27. The Balaban J connectivity index is 1.63. The van der Waals surface area contributed by atoms with Crippen molar-refractivity contribution in [1.29, 1.82) is 5.41 Å². The first-order valence-electron chi connectivity index (χ1n) is 9.39. The van der Waals surface area contributed by atoms with Crippen LogP contribution in [0.3, 0.4) is 0 Å². The van der Waals surface area contributed by atoms with E-state index in [1.54, 1.807) is 25.4 Å². The molecule has 1 aliphatic heterocycles. The van der Waals surface area contributed by atoms with Crippen LogP contribution in [0.1, 0.15) is 11.1 Å². The third kappa shape index (κ3) is 3.55. The molecular weight excluding hydrogens is 402 g/mol. The van der Waals surface area contributed by atoms with Gasteiger partial charge in [0.25, 0.3) is 10.0 Å². The van der Waals surface area contributed by atoms with Crippen molar-refractivity contribution < 1.29 is 18.3 Å². The van der Waals surface area contributed by atoms with Crippen LogP contribution in [0.4, 0.5) is 5.69 Å². The molecule has 2 N–H and O–H groups in total. The van der Waals surface area contributed by atoms with Gasteiger partial charge in [-0.3, -0.25) is 9.29 Å². The lowest BCUT2D eigenvalue weighted by Crippen LogP contribution is -2.29. The summed E-state index contributed by atoms with van der Waals surface area (Å²) in [7, 11) is -2.13. The van der Waals surface area contributed by atoms with Crippen LogP contribution in [0, 0.1) is 5.41 Å². The lowest BCUT2D eigenvalue weighted by Gasteiger charge is -2.20. The fraction of sp³-hybridized carbons (Fsp3) is 0.182. The van der Waals surface area contributed by atoms with Gasteiger partial charge in [-0.2, -0.15) is 0 Å². The third-order valence-corrected chi connectivity index (χ3v) is 6.98. The second kappa shape index (κ2) is 7.89. The molecule has 0 fully saturated rings. The predicted molar refractivity (Wildman–Crippen MR) is 115 cm³/mol. The fourth-order valence-corrected chi connectivity index (χ4v) is 5.00. The highest BCUT2D eigenvalue weighted by atomic mass is 32.2. The average molecular weight is 423 g/mol. The van der Waals surface area contributed by atoms with E-state index in [1.165, 1.54) is 16.4 Å². The first-order valence-corrected chi connectivity index (χ1v) is 10.8. The maximum atomic E-state index is 13.2. The standard InChI is InChI=1S/C22H21N3O4S/c1-29-18-5-8-21(24-13-18)16-4-9-22-17(12-16)10-11-25(22)30(27,28)19-6-2-15(3-7-19)20(23)14-26/h2-9,12-13,23,26H,10-11,14H2,1H3. The molecule has 0 spiro atoms. The second-order valence-electron chi connectivity index (χ2n) is 6.91. The molecule has 0 saturated carbocycles. The van der Waals surface area contributed by atoms with E-state index in [1.807, 2.05) is 30.3 Å². The van der Waals surface area contributed by atoms with Crippen LogP contribution in [-0.2, 0) is 16.4 Å². The first kappa shape index (κ1) is 20.1. The van der Waals surface area contributed by atoms with Gasteiger partial charge in [0.05, 0.1) is 41.9 Å². The van der Waals surface area contributed by atoms with Crippen LogP contribution in [0.2, 0.25) is 0 Å². The monoisotopic (exact) mass is 423 g/mol. The van der Waals surface area contributed by atoms with Gasteiger partial charge in [-0.05, 0) is 53.9 Å². The molecule has 0 radical (unpaired) electrons. The summed E-state index contributed by atoms with van der Waals surface area (Å²) in [5, 5.41) is 16.7. The SMILES string of the molecule is COc1ccc(-c2ccc3c(c2)CCN3S(=O)(=O)c2ccc(C(=N)CO)cc2)nc1. The van der Waals surface area contributed by atoms with Gasteiger partial charge in [-0.1, -0.05) is 18.2 Å². The average Bonchev–Trinajstić information content (AvgIpc) is 3.23. The molecule has 7 nitrogen and oxygen atoms in total. The van der Waals surface area contributed by atoms with E-state index in [0.717, 1.165) is 16.8 Å². The zero-order valence-electron chi connectivity index (χ0n) is 16.4. The molecule has 0 amide bonds. The summed E-state index contributed by atoms with van der Waals surface area (Å²) in [5.41, 5.74) is 3.87. The number of ether oxygens (including phenoxy) is 1. The summed E-state index contributed by atoms with van der Waals surface area (Å²) in [6.45, 7) is -0.0254. The van der Waals surface area contributed by atoms with Gasteiger partial charge in [0, 0.05) is 12.1 Å². The van der Waals surface area contributed by atoms with E-state index in [9.17, 15) is 8.42 Å². The van der Waals surface area contributed by atoms with Crippen molar-refractivity contribution in [3.05, 3.63) is 71.9 Å². The predicted octanol–water partition coefficient (Wildman–Crippen LogP) is 2.87. The molecule has 1 aromatic heterocycles. The summed E-state index contributed by atoms with van der Waals surface area (Å²) in [4.78, 5) is 4.56. The van der Waals surface area contributed by atoms with Crippen molar-refractivity contribution in [2.75, 3.05) is 24.6 Å². The summed E-state index contributed by atoms with van der Waals surface area (Å²) in [6, 6.07) is 15.4. The van der Waals surface area contributed by atoms with Crippen LogP contribution in [0.5, 0.6) is 5.75 Å². The van der Waals surface area contributed by atoms with Crippen molar-refractivity contribution in [3.63, 3.8) is 0 Å². The maximum Gasteiger partial charge on any atom is 0.264 e. The Morgan fingerprint density at radius 2 is 1.93 bits per heavy atom. The number of hydrogen-bond donors (Lipinski definition) is 2. The number of sulfonamides is 1. The Bertz CT molecular complexity index is 1190. The molecular formula is C22H21N3O4S. The van der Waals surface area contributed by atoms with E-state index in [2.05, 4.69) is 4.98 Å². The fourth-order valence-electron chi connectivity index (χ4n) is 3.50. The van der Waals surface area contributed by atoms with Gasteiger partial charge in [0.1, 0.15) is 5.75 Å². The summed E-state index contributed by atoms with van der Waals surface area (Å²) < 4.78 is 32.9. The molecule has 154 valence electrons. The topological polar surface area (TPSA) is 104 Å². The Morgan fingerprint density at radius 1 is 1.17 bits per heavy atom. The number of rotatable bonds is 6. The number of benzene rings is 2. The summed E-state index contributed by atoms with van der Waals surface area (Å²) in [6.07, 6.45) is 2.27. The van der Waals surface area contributed by atoms with Gasteiger partial charge >= 0.3 is 0 Å². The Hall–Kier alpha value is -3.23. The van der Waals surface area contributed by atoms with Crippen LogP contribution in [0.15, 0.2) is 65.7 Å². The molecule has 2 heterocycles. The van der Waals surface area contributed by atoms with Gasteiger partial charge < -0.3 is 15.3 Å². The number of nitrogens with zero attached hydrogens (tertiary/aromatic N) is 2. The normalized spacial score (nSPS) is 13.2. The van der Waals surface area contributed by atoms with E-state index in [4.69, 9.17) is 15.3 Å². The van der Waals surface area contributed by atoms with Crippen molar-refractivity contribution in [3.8, 4) is 17.0 Å². The van der Waals surface area contributed by atoms with E-state index in [0.29, 0.717) is 30.0 Å². The van der Waals surface area contributed by atoms with Crippen LogP contribution in [-0.4, -0.2) is 44.5 Å². The minimum absolute atomic E-state index is 0.0464. The van der Waals surface area contributed by atoms with Gasteiger partial charge in [0.2, 0.25) is 0 Å².